The number of carboxylic acid groups (broad SMARTS) is 2. The molecule has 11 heteroatoms. The monoisotopic (exact) mass is 401 g/mol. The van der Waals surface area contributed by atoms with E-state index in [1.807, 2.05) is 0 Å². The van der Waals surface area contributed by atoms with Crippen molar-refractivity contribution in [3.05, 3.63) is 47.0 Å². The molecule has 0 aromatic heterocycles. The summed E-state index contributed by atoms with van der Waals surface area (Å²) in [6.07, 6.45) is 0.852. The fourth-order valence-electron chi connectivity index (χ4n) is 1.66. The molecule has 2 aliphatic carbocycles. The average Bonchev–Trinajstić information content (AvgIpc) is 2.48. The average molecular weight is 402 g/mol. The van der Waals surface area contributed by atoms with Gasteiger partial charge in [-0.15, -0.1) is 0 Å². The summed E-state index contributed by atoms with van der Waals surface area (Å²) in [5, 5.41) is 55.9. The maximum atomic E-state index is 10.8. The molecular formula is C14H10CuO10. The summed E-state index contributed by atoms with van der Waals surface area (Å²) in [4.78, 5) is 42.1. The molecule has 10 nitrogen and oxygen atoms in total. The van der Waals surface area contributed by atoms with Crippen LogP contribution in [0.25, 0.3) is 0 Å². The van der Waals surface area contributed by atoms with Crippen LogP contribution in [-0.2, 0) is 36.2 Å². The van der Waals surface area contributed by atoms with Crippen LogP contribution in [0.2, 0.25) is 0 Å². The number of rotatable bonds is 2. The van der Waals surface area contributed by atoms with Crippen LogP contribution >= 0.6 is 0 Å². The van der Waals surface area contributed by atoms with Crippen LogP contribution in [-0.4, -0.2) is 56.1 Å². The van der Waals surface area contributed by atoms with Crippen molar-refractivity contribution in [1.29, 1.82) is 0 Å². The van der Waals surface area contributed by atoms with E-state index < -0.39 is 58.4 Å². The molecule has 1 radical (unpaired) electrons. The molecule has 0 bridgehead atoms. The summed E-state index contributed by atoms with van der Waals surface area (Å²) in [6, 6.07) is 0. The van der Waals surface area contributed by atoms with E-state index in [0.717, 1.165) is 24.3 Å². The molecule has 0 spiro atoms. The molecule has 2 rings (SSSR count). The Morgan fingerprint density at radius 2 is 1.08 bits per heavy atom. The fraction of sp³-hybridized carbons (Fsp3) is 0.143. The smallest absolute Gasteiger partial charge is 0.545 e. The van der Waals surface area contributed by atoms with Crippen LogP contribution in [0.1, 0.15) is 0 Å². The number of aliphatic hydroxyl groups excluding tert-OH is 4. The first-order chi connectivity index (χ1) is 11.1. The van der Waals surface area contributed by atoms with Gasteiger partial charge in [0.2, 0.25) is 11.6 Å². The summed E-state index contributed by atoms with van der Waals surface area (Å²) >= 11 is 0. The van der Waals surface area contributed by atoms with Crippen molar-refractivity contribution in [2.45, 2.75) is 12.2 Å². The van der Waals surface area contributed by atoms with E-state index in [1.165, 1.54) is 0 Å². The van der Waals surface area contributed by atoms with Crippen molar-refractivity contribution in [2.24, 2.45) is 0 Å². The quantitative estimate of drug-likeness (QED) is 0.262. The predicted octanol–water partition coefficient (Wildman–Crippen LogP) is -3.91. The number of ketones is 2. The van der Waals surface area contributed by atoms with Crippen LogP contribution in [0.5, 0.6) is 0 Å². The number of hydrogen-bond acceptors (Lipinski definition) is 10. The second-order valence-electron chi connectivity index (χ2n) is 4.43. The SMILES string of the molecule is O=C([O-])C1=C(O)C=CC(O)C1=O.O=C([O-])C1=C(O)C=CC(O)C1=O.[Cu+2]. The molecule has 25 heavy (non-hydrogen) atoms. The van der Waals surface area contributed by atoms with E-state index in [-0.39, 0.29) is 17.1 Å². The normalized spacial score (nSPS) is 22.2. The van der Waals surface area contributed by atoms with Crippen molar-refractivity contribution in [3.63, 3.8) is 0 Å². The number of Topliss-reactive ketones (excluding diaryl/α,β-unsaturated/α-hetero) is 2. The maximum absolute atomic E-state index is 10.8. The molecule has 0 aliphatic heterocycles. The standard InChI is InChI=1S/2C7H6O5.Cu/c2*8-3-1-2-4(9)6(10)5(3)7(11)12;/h2*1-2,4,8-9H,(H,11,12);/q;;+2/p-2. The van der Waals surface area contributed by atoms with E-state index in [1.54, 1.807) is 0 Å². The van der Waals surface area contributed by atoms with Gasteiger partial charge in [0.05, 0.1) is 23.1 Å². The van der Waals surface area contributed by atoms with E-state index in [9.17, 15) is 29.4 Å². The van der Waals surface area contributed by atoms with Crippen molar-refractivity contribution in [2.75, 3.05) is 0 Å². The van der Waals surface area contributed by atoms with Crippen LogP contribution in [0, 0.1) is 0 Å². The van der Waals surface area contributed by atoms with Crippen molar-refractivity contribution < 1.29 is 66.9 Å². The number of aliphatic hydroxyl groups is 4. The Bertz CT molecular complexity index is 666. The molecule has 2 unspecified atom stereocenters. The van der Waals surface area contributed by atoms with Crippen LogP contribution in [0.15, 0.2) is 47.0 Å². The second kappa shape index (κ2) is 8.94. The Morgan fingerprint density at radius 1 is 0.800 bits per heavy atom. The number of carboxylic acids is 2. The molecule has 0 fully saturated rings. The van der Waals surface area contributed by atoms with Gasteiger partial charge in [0.25, 0.3) is 0 Å². The zero-order chi connectivity index (χ0) is 18.6. The zero-order valence-corrected chi connectivity index (χ0v) is 12.9. The van der Waals surface area contributed by atoms with E-state index >= 15 is 0 Å². The molecule has 0 aromatic carbocycles. The Labute approximate surface area is 150 Å². The van der Waals surface area contributed by atoms with Gasteiger partial charge in [-0.1, -0.05) is 0 Å². The third-order valence-corrected chi connectivity index (χ3v) is 2.82. The molecule has 0 heterocycles. The topological polar surface area (TPSA) is 195 Å². The van der Waals surface area contributed by atoms with Gasteiger partial charge in [-0.05, 0) is 24.3 Å². The summed E-state index contributed by atoms with van der Waals surface area (Å²) in [7, 11) is 0. The first-order valence-corrected chi connectivity index (χ1v) is 6.18. The molecule has 4 N–H and O–H groups in total. The minimum atomic E-state index is -1.79. The number of hydrogen-bond donors (Lipinski definition) is 4. The minimum Gasteiger partial charge on any atom is -0.545 e. The summed E-state index contributed by atoms with van der Waals surface area (Å²) in [6.45, 7) is 0. The summed E-state index contributed by atoms with van der Waals surface area (Å²) in [5.74, 6) is -7.08. The third-order valence-electron chi connectivity index (χ3n) is 2.82. The predicted molar refractivity (Wildman–Crippen MR) is 69.6 cm³/mol. The van der Waals surface area contributed by atoms with Gasteiger partial charge < -0.3 is 40.2 Å². The molecule has 0 aromatic rings. The fourth-order valence-corrected chi connectivity index (χ4v) is 1.66. The van der Waals surface area contributed by atoms with Crippen molar-refractivity contribution >= 4 is 23.5 Å². The number of aliphatic carboxylic acids is 2. The van der Waals surface area contributed by atoms with Crippen molar-refractivity contribution in [1.82, 2.24) is 0 Å². The van der Waals surface area contributed by atoms with E-state index in [2.05, 4.69) is 0 Å². The van der Waals surface area contributed by atoms with Gasteiger partial charge in [0.15, 0.2) is 0 Å². The molecule has 2 aliphatic rings. The molecule has 0 amide bonds. The molecule has 0 saturated heterocycles. The minimum absolute atomic E-state index is 0. The number of allylic oxidation sites excluding steroid dienone is 2. The Balaban J connectivity index is 0.000000443. The van der Waals surface area contributed by atoms with Gasteiger partial charge in [-0.3, -0.25) is 9.59 Å². The molecule has 137 valence electrons. The third kappa shape index (κ3) is 5.13. The van der Waals surface area contributed by atoms with Gasteiger partial charge >= 0.3 is 17.1 Å². The van der Waals surface area contributed by atoms with Gasteiger partial charge in [-0.2, -0.15) is 0 Å². The largest absolute Gasteiger partial charge is 2.00 e. The Kier molecular flexibility index (Phi) is 7.97. The van der Waals surface area contributed by atoms with Crippen LogP contribution in [0.4, 0.5) is 0 Å². The Morgan fingerprint density at radius 3 is 1.28 bits per heavy atom. The van der Waals surface area contributed by atoms with Crippen molar-refractivity contribution in [3.8, 4) is 0 Å². The first kappa shape index (κ1) is 22.3. The molecule has 0 saturated carbocycles. The number of carbonyl (C=O) groups is 4. The van der Waals surface area contributed by atoms with Crippen LogP contribution < -0.4 is 10.2 Å². The zero-order valence-electron chi connectivity index (χ0n) is 12.0. The number of carbonyl (C=O) groups excluding carboxylic acids is 4. The van der Waals surface area contributed by atoms with E-state index in [0.29, 0.717) is 0 Å². The van der Waals surface area contributed by atoms with Gasteiger partial charge in [0.1, 0.15) is 23.7 Å². The summed E-state index contributed by atoms with van der Waals surface area (Å²) < 4.78 is 0. The molecular weight excluding hydrogens is 392 g/mol. The Hall–Kier alpha value is -2.72. The van der Waals surface area contributed by atoms with Gasteiger partial charge in [-0.25, -0.2) is 0 Å². The van der Waals surface area contributed by atoms with E-state index in [4.69, 9.17) is 20.4 Å². The second-order valence-corrected chi connectivity index (χ2v) is 4.43. The van der Waals surface area contributed by atoms with Crippen LogP contribution in [0.3, 0.4) is 0 Å². The maximum Gasteiger partial charge on any atom is 2.00 e. The molecule has 2 atom stereocenters. The first-order valence-electron chi connectivity index (χ1n) is 6.18. The summed E-state index contributed by atoms with van der Waals surface area (Å²) in [5.41, 5.74) is -1.77. The van der Waals surface area contributed by atoms with Gasteiger partial charge in [0, 0.05) is 0 Å².